The minimum atomic E-state index is -4.53. The van der Waals surface area contributed by atoms with Crippen molar-refractivity contribution in [2.75, 3.05) is 18.4 Å². The number of aryl methyl sites for hydroxylation is 1. The Balaban J connectivity index is 2.04. The summed E-state index contributed by atoms with van der Waals surface area (Å²) in [6.45, 7) is 2.30. The van der Waals surface area contributed by atoms with Crippen molar-refractivity contribution in [2.24, 2.45) is 13.0 Å². The van der Waals surface area contributed by atoms with E-state index in [-0.39, 0.29) is 18.3 Å². The normalized spacial score (nSPS) is 19.1. The molecule has 0 saturated carbocycles. The van der Waals surface area contributed by atoms with Crippen LogP contribution >= 0.6 is 0 Å². The highest BCUT2D eigenvalue weighted by Crippen LogP contribution is 2.30. The predicted molar refractivity (Wildman–Crippen MR) is 71.8 cm³/mol. The van der Waals surface area contributed by atoms with E-state index in [4.69, 9.17) is 0 Å². The van der Waals surface area contributed by atoms with Gasteiger partial charge in [-0.1, -0.05) is 0 Å². The Hall–Kier alpha value is -2.06. The molecule has 122 valence electrons. The Morgan fingerprint density at radius 1 is 1.41 bits per heavy atom. The highest BCUT2D eigenvalue weighted by Gasteiger charge is 2.35. The highest BCUT2D eigenvalue weighted by molar-refractivity contribution is 5.92. The summed E-state index contributed by atoms with van der Waals surface area (Å²) in [5.41, 5.74) is -0.934. The lowest BCUT2D eigenvalue weighted by atomic mass is 9.97. The third-order valence-corrected chi connectivity index (χ3v) is 3.66. The molecular formula is C13H17F3N4O2. The van der Waals surface area contributed by atoms with Crippen molar-refractivity contribution in [1.29, 1.82) is 0 Å². The number of nitrogens with one attached hydrogen (secondary N) is 1. The van der Waals surface area contributed by atoms with Gasteiger partial charge in [0.1, 0.15) is 5.69 Å². The molecule has 0 spiro atoms. The Morgan fingerprint density at radius 2 is 2.09 bits per heavy atom. The van der Waals surface area contributed by atoms with Crippen molar-refractivity contribution in [3.05, 3.63) is 11.8 Å². The minimum Gasteiger partial charge on any atom is -0.342 e. The number of halogens is 3. The second kappa shape index (κ2) is 5.98. The Bertz CT molecular complexity index is 582. The van der Waals surface area contributed by atoms with Crippen molar-refractivity contribution >= 4 is 17.6 Å². The summed E-state index contributed by atoms with van der Waals surface area (Å²) < 4.78 is 38.7. The molecule has 0 aliphatic carbocycles. The van der Waals surface area contributed by atoms with Crippen LogP contribution in [0.2, 0.25) is 0 Å². The van der Waals surface area contributed by atoms with Crippen molar-refractivity contribution < 1.29 is 22.8 Å². The fraction of sp³-hybridized carbons (Fsp3) is 0.615. The molecule has 1 aromatic heterocycles. The van der Waals surface area contributed by atoms with Gasteiger partial charge in [0.2, 0.25) is 11.8 Å². The van der Waals surface area contributed by atoms with E-state index in [0.29, 0.717) is 24.1 Å². The summed E-state index contributed by atoms with van der Waals surface area (Å²) in [5.74, 6) is -1.11. The number of hydrogen-bond acceptors (Lipinski definition) is 3. The molecular weight excluding hydrogens is 301 g/mol. The molecule has 2 rings (SSSR count). The SMILES string of the molecule is CC(=O)N1CCCC(C(=O)Nc2cc(C(F)(F)F)n(C)n2)C1. The fourth-order valence-corrected chi connectivity index (χ4v) is 2.50. The zero-order valence-electron chi connectivity index (χ0n) is 12.3. The smallest absolute Gasteiger partial charge is 0.342 e. The minimum absolute atomic E-state index is 0.116. The maximum Gasteiger partial charge on any atom is 0.433 e. The van der Waals surface area contributed by atoms with Crippen molar-refractivity contribution in [1.82, 2.24) is 14.7 Å². The first-order valence-corrected chi connectivity index (χ1v) is 6.86. The van der Waals surface area contributed by atoms with E-state index in [1.807, 2.05) is 0 Å². The maximum absolute atomic E-state index is 12.7. The van der Waals surface area contributed by atoms with E-state index in [0.717, 1.165) is 13.1 Å². The molecule has 1 saturated heterocycles. The van der Waals surface area contributed by atoms with Crippen molar-refractivity contribution in [2.45, 2.75) is 25.9 Å². The molecule has 6 nitrogen and oxygen atoms in total. The third-order valence-electron chi connectivity index (χ3n) is 3.66. The number of likely N-dealkylation sites (tertiary alicyclic amines) is 1. The van der Waals surface area contributed by atoms with Crippen LogP contribution in [0.15, 0.2) is 6.07 Å². The number of hydrogen-bond donors (Lipinski definition) is 1. The number of carbonyl (C=O) groups is 2. The zero-order chi connectivity index (χ0) is 16.5. The summed E-state index contributed by atoms with van der Waals surface area (Å²) in [7, 11) is 1.16. The van der Waals surface area contributed by atoms with Gasteiger partial charge >= 0.3 is 6.18 Å². The number of carbonyl (C=O) groups excluding carboxylic acids is 2. The number of piperidine rings is 1. The van der Waals surface area contributed by atoms with Crippen molar-refractivity contribution in [3.8, 4) is 0 Å². The molecule has 1 fully saturated rings. The fourth-order valence-electron chi connectivity index (χ4n) is 2.50. The second-order valence-corrected chi connectivity index (χ2v) is 5.33. The van der Waals surface area contributed by atoms with Crippen molar-refractivity contribution in [3.63, 3.8) is 0 Å². The molecule has 9 heteroatoms. The van der Waals surface area contributed by atoms with Crippen LogP contribution in [0.1, 0.15) is 25.5 Å². The summed E-state index contributed by atoms with van der Waals surface area (Å²) in [6, 6.07) is 0.795. The first-order valence-electron chi connectivity index (χ1n) is 6.86. The summed E-state index contributed by atoms with van der Waals surface area (Å²) in [5, 5.41) is 6.05. The van der Waals surface area contributed by atoms with Gasteiger partial charge in [0.05, 0.1) is 5.92 Å². The maximum atomic E-state index is 12.7. The Kier molecular flexibility index (Phi) is 4.43. The average molecular weight is 318 g/mol. The van der Waals surface area contributed by atoms with Gasteiger partial charge in [0, 0.05) is 33.1 Å². The third kappa shape index (κ3) is 3.58. The zero-order valence-corrected chi connectivity index (χ0v) is 12.3. The van der Waals surface area contributed by atoms with Crippen LogP contribution in [0.4, 0.5) is 19.0 Å². The molecule has 1 aromatic rings. The van der Waals surface area contributed by atoms with Crippen LogP contribution in [-0.2, 0) is 22.8 Å². The molecule has 1 aliphatic rings. The molecule has 0 radical (unpaired) electrons. The number of rotatable bonds is 2. The first kappa shape index (κ1) is 16.3. The van der Waals surface area contributed by atoms with Gasteiger partial charge in [-0.05, 0) is 12.8 Å². The second-order valence-electron chi connectivity index (χ2n) is 5.33. The van der Waals surface area contributed by atoms with Crippen LogP contribution in [0.5, 0.6) is 0 Å². The molecule has 0 aromatic carbocycles. The monoisotopic (exact) mass is 318 g/mol. The Labute approximate surface area is 125 Å². The predicted octanol–water partition coefficient (Wildman–Crippen LogP) is 1.64. The molecule has 22 heavy (non-hydrogen) atoms. The van der Waals surface area contributed by atoms with Crippen LogP contribution in [0.25, 0.3) is 0 Å². The van der Waals surface area contributed by atoms with Gasteiger partial charge in [0.15, 0.2) is 5.82 Å². The van der Waals surface area contributed by atoms with Crippen LogP contribution < -0.4 is 5.32 Å². The van der Waals surface area contributed by atoms with E-state index in [2.05, 4.69) is 10.4 Å². The molecule has 1 N–H and O–H groups in total. The molecule has 1 unspecified atom stereocenters. The van der Waals surface area contributed by atoms with E-state index >= 15 is 0 Å². The van der Waals surface area contributed by atoms with Gasteiger partial charge in [-0.3, -0.25) is 14.3 Å². The van der Waals surface area contributed by atoms with E-state index < -0.39 is 23.7 Å². The summed E-state index contributed by atoms with van der Waals surface area (Å²) in [6.07, 6.45) is -3.25. The average Bonchev–Trinajstić information content (AvgIpc) is 2.79. The summed E-state index contributed by atoms with van der Waals surface area (Å²) >= 11 is 0. The quantitative estimate of drug-likeness (QED) is 0.901. The molecule has 2 heterocycles. The van der Waals surface area contributed by atoms with E-state index in [9.17, 15) is 22.8 Å². The molecule has 2 amide bonds. The van der Waals surface area contributed by atoms with Crippen LogP contribution in [0, 0.1) is 5.92 Å². The van der Waals surface area contributed by atoms with Gasteiger partial charge in [-0.25, -0.2) is 0 Å². The molecule has 1 atom stereocenters. The standard InChI is InChI=1S/C13H17F3N4O2/c1-8(21)20-5-3-4-9(7-20)12(22)17-11-6-10(13(14,15)16)19(2)18-11/h6,9H,3-5,7H2,1-2H3,(H,17,18,22). The Morgan fingerprint density at radius 3 is 2.64 bits per heavy atom. The van der Waals surface area contributed by atoms with E-state index in [1.54, 1.807) is 4.90 Å². The lowest BCUT2D eigenvalue weighted by Crippen LogP contribution is -2.42. The number of anilines is 1. The molecule has 1 aliphatic heterocycles. The number of alkyl halides is 3. The summed E-state index contributed by atoms with van der Waals surface area (Å²) in [4.78, 5) is 25.0. The first-order chi connectivity index (χ1) is 10.2. The number of nitrogens with zero attached hydrogens (tertiary/aromatic N) is 3. The topological polar surface area (TPSA) is 67.2 Å². The lowest BCUT2D eigenvalue weighted by molar-refractivity contribution is -0.143. The number of aromatic nitrogens is 2. The van der Waals surface area contributed by atoms with Gasteiger partial charge in [0.25, 0.3) is 0 Å². The van der Waals surface area contributed by atoms with E-state index in [1.165, 1.54) is 6.92 Å². The van der Waals surface area contributed by atoms with Crippen LogP contribution in [0.3, 0.4) is 0 Å². The number of amides is 2. The van der Waals surface area contributed by atoms with Gasteiger partial charge in [-0.2, -0.15) is 18.3 Å². The largest absolute Gasteiger partial charge is 0.433 e. The van der Waals surface area contributed by atoms with Gasteiger partial charge in [-0.15, -0.1) is 0 Å². The van der Waals surface area contributed by atoms with Crippen LogP contribution in [-0.4, -0.2) is 39.6 Å². The highest BCUT2D eigenvalue weighted by atomic mass is 19.4. The lowest BCUT2D eigenvalue weighted by Gasteiger charge is -2.31. The molecule has 0 bridgehead atoms. The van der Waals surface area contributed by atoms with Gasteiger partial charge < -0.3 is 10.2 Å².